The quantitative estimate of drug-likeness (QED) is 0.0569. The second-order valence-electron chi connectivity index (χ2n) is 16.4. The van der Waals surface area contributed by atoms with Crippen LogP contribution in [0.3, 0.4) is 0 Å². The number of fused-ring (bicyclic) bond motifs is 3. The van der Waals surface area contributed by atoms with Crippen molar-refractivity contribution in [2.75, 3.05) is 26.1 Å². The Morgan fingerprint density at radius 2 is 1.67 bits per heavy atom. The fraction of sp³-hybridized carbons (Fsp3) is 0.619. The molecule has 1 aliphatic heterocycles. The molecule has 0 saturated heterocycles. The van der Waals surface area contributed by atoms with Gasteiger partial charge in [-0.15, -0.1) is 11.8 Å². The molecule has 2 heterocycles. The maximum Gasteiger partial charge on any atom is 0.353 e. The molecule has 0 aromatic carbocycles. The van der Waals surface area contributed by atoms with E-state index < -0.39 is 58.1 Å². The number of carbonyl (C=O) groups excluding carboxylic acids is 3. The number of ether oxygens (including phenoxy) is 1. The van der Waals surface area contributed by atoms with Crippen LogP contribution in [-0.2, 0) is 35.1 Å². The minimum absolute atomic E-state index is 0.0250. The summed E-state index contributed by atoms with van der Waals surface area (Å²) >= 11 is 1.40. The summed E-state index contributed by atoms with van der Waals surface area (Å²) in [6.45, 7) is 0.169. The summed E-state index contributed by atoms with van der Waals surface area (Å²) in [5.41, 5.74) is 3.36. The Labute approximate surface area is 342 Å². The van der Waals surface area contributed by atoms with Crippen LogP contribution in [0.15, 0.2) is 59.2 Å². The Morgan fingerprint density at radius 1 is 0.966 bits per heavy atom. The van der Waals surface area contributed by atoms with E-state index in [1.807, 2.05) is 12.1 Å². The first-order valence-electron chi connectivity index (χ1n) is 20.5. The molecule has 6 rings (SSSR count). The molecule has 1 fully saturated rings. The van der Waals surface area contributed by atoms with Crippen molar-refractivity contribution in [2.24, 2.45) is 16.7 Å². The van der Waals surface area contributed by atoms with Gasteiger partial charge in [0.2, 0.25) is 18.0 Å². The molecule has 0 radical (unpaired) electrons. The first kappa shape index (κ1) is 43.5. The van der Waals surface area contributed by atoms with Crippen molar-refractivity contribution in [1.82, 2.24) is 26.3 Å². The highest BCUT2D eigenvalue weighted by Gasteiger charge is 2.64. The summed E-state index contributed by atoms with van der Waals surface area (Å²) in [5, 5.41) is 49.6. The molecule has 6 atom stereocenters. The number of nitrogens with zero attached hydrogens (tertiary/aromatic N) is 1. The highest BCUT2D eigenvalue weighted by atomic mass is 32.2. The first-order chi connectivity index (χ1) is 27.9. The highest BCUT2D eigenvalue weighted by Crippen LogP contribution is 2.68. The Hall–Kier alpha value is -4.09. The van der Waals surface area contributed by atoms with Crippen molar-refractivity contribution < 1.29 is 49.1 Å². The number of aliphatic hydroxyl groups excluding tert-OH is 2. The Morgan fingerprint density at radius 3 is 2.34 bits per heavy atom. The van der Waals surface area contributed by atoms with Gasteiger partial charge in [-0.05, 0) is 93.5 Å². The van der Waals surface area contributed by atoms with E-state index in [9.17, 15) is 44.4 Å². The molecule has 5 aliphatic rings. The Balaban J connectivity index is 1.41. The number of carboxylic acid groups (broad SMARTS) is 2. The number of aliphatic carboxylic acids is 2. The van der Waals surface area contributed by atoms with Gasteiger partial charge in [-0.1, -0.05) is 55.4 Å². The van der Waals surface area contributed by atoms with Crippen molar-refractivity contribution in [2.45, 2.75) is 119 Å². The van der Waals surface area contributed by atoms with Crippen molar-refractivity contribution in [3.8, 4) is 0 Å². The summed E-state index contributed by atoms with van der Waals surface area (Å²) in [4.78, 5) is 69.3. The summed E-state index contributed by atoms with van der Waals surface area (Å²) in [5.74, 6) is -4.79. The first-order valence-corrected chi connectivity index (χ1v) is 21.5. The van der Waals surface area contributed by atoms with Gasteiger partial charge in [-0.3, -0.25) is 29.5 Å². The van der Waals surface area contributed by atoms with E-state index in [1.54, 1.807) is 19.4 Å². The predicted octanol–water partition coefficient (Wildman–Crippen LogP) is 3.08. The van der Waals surface area contributed by atoms with Crippen LogP contribution in [0, 0.1) is 16.7 Å². The van der Waals surface area contributed by atoms with Crippen molar-refractivity contribution in [1.29, 1.82) is 0 Å². The van der Waals surface area contributed by atoms with Crippen LogP contribution in [0.1, 0.15) is 95.5 Å². The minimum atomic E-state index is -2.23. The van der Waals surface area contributed by atoms with Gasteiger partial charge in [0.15, 0.2) is 0 Å². The molecule has 15 nitrogen and oxygen atoms in total. The van der Waals surface area contributed by atoms with Crippen molar-refractivity contribution in [3.63, 3.8) is 0 Å². The normalized spacial score (nSPS) is 26.2. The fourth-order valence-corrected chi connectivity index (χ4v) is 11.8. The zero-order chi connectivity index (χ0) is 41.5. The third-order valence-electron chi connectivity index (χ3n) is 12.8. The van der Waals surface area contributed by atoms with Crippen LogP contribution in [-0.4, -0.2) is 104 Å². The molecule has 1 aromatic heterocycles. The van der Waals surface area contributed by atoms with Gasteiger partial charge in [0.25, 0.3) is 0 Å². The number of hydrogen-bond donors (Lipinski definition) is 8. The van der Waals surface area contributed by atoms with E-state index in [2.05, 4.69) is 38.4 Å². The average molecular weight is 824 g/mol. The number of carboxylic acids is 2. The van der Waals surface area contributed by atoms with E-state index in [0.717, 1.165) is 74.5 Å². The van der Waals surface area contributed by atoms with E-state index in [4.69, 9.17) is 4.74 Å². The third kappa shape index (κ3) is 8.91. The SMILES string of the molecule is CNCN[C@@H](CCC(=O)N[C@@H](CS[C@]12C=C[C@@]3(CCCCCC14CCCC4)CC(Cc1ccncc1)=C(CCCO)[C@H]1C(=O)OC2=C13)C(=O)N[C@@H](O)C(=O)O)C(=O)O. The fourth-order valence-electron chi connectivity index (χ4n) is 10.1. The number of pyridine rings is 1. The minimum Gasteiger partial charge on any atom is -0.480 e. The topological polar surface area (TPSA) is 237 Å². The van der Waals surface area contributed by atoms with Gasteiger partial charge in [0.1, 0.15) is 23.8 Å². The number of aliphatic hydroxyl groups is 2. The molecule has 1 saturated carbocycles. The molecular weight excluding hydrogens is 767 g/mol. The van der Waals surface area contributed by atoms with Gasteiger partial charge in [0, 0.05) is 43.3 Å². The maximum atomic E-state index is 14.5. The molecule has 1 aromatic rings. The number of amides is 2. The molecule has 4 aliphatic carbocycles. The third-order valence-corrected chi connectivity index (χ3v) is 14.5. The number of aromatic nitrogens is 1. The molecule has 2 spiro atoms. The lowest BCUT2D eigenvalue weighted by Crippen LogP contribution is -2.54. The van der Waals surface area contributed by atoms with Crippen LogP contribution in [0.25, 0.3) is 0 Å². The van der Waals surface area contributed by atoms with E-state index in [-0.39, 0.29) is 43.3 Å². The van der Waals surface area contributed by atoms with Crippen LogP contribution >= 0.6 is 11.8 Å². The van der Waals surface area contributed by atoms with Crippen LogP contribution < -0.4 is 21.3 Å². The number of esters is 1. The zero-order valence-electron chi connectivity index (χ0n) is 33.1. The second-order valence-corrected chi connectivity index (χ2v) is 17.6. The molecule has 316 valence electrons. The molecule has 2 bridgehead atoms. The lowest BCUT2D eigenvalue weighted by atomic mass is 9.55. The van der Waals surface area contributed by atoms with Crippen molar-refractivity contribution in [3.05, 3.63) is 64.7 Å². The largest absolute Gasteiger partial charge is 0.480 e. The average Bonchev–Trinajstić information content (AvgIpc) is 3.83. The molecular formula is C42H57N5O10S. The van der Waals surface area contributed by atoms with Crippen LogP contribution in [0.4, 0.5) is 0 Å². The molecule has 16 heteroatoms. The smallest absolute Gasteiger partial charge is 0.353 e. The van der Waals surface area contributed by atoms with Crippen LogP contribution in [0.2, 0.25) is 0 Å². The molecule has 0 unspecified atom stereocenters. The number of allylic oxidation sites excluding steroid dienone is 2. The van der Waals surface area contributed by atoms with Gasteiger partial charge < -0.3 is 41.1 Å². The maximum absolute atomic E-state index is 14.5. The number of carbonyl (C=O) groups is 5. The van der Waals surface area contributed by atoms with E-state index >= 15 is 0 Å². The number of hydrogen-bond acceptors (Lipinski definition) is 12. The second kappa shape index (κ2) is 18.9. The standard InChI is InChI=1S/C42H57N5O10S/c1-43-25-45-29(37(52)53)9-10-31(49)46-30(35(50)47-36(51)38(54)55)24-58-42-18-17-40(13-3-2-4-14-41(42)15-5-6-16-41)23-27(22-26-11-19-44-20-12-26)28(8-7-21-48)32-33(40)34(42)57-39(32)56/h11-12,17-20,29-30,32,36,43,45,48,51H,2-10,13-16,21-25H2,1H3,(H,46,49)(H,47,50)(H,52,53)(H,54,55)/t29-,30-,32+,36-,40-,42-/m0/s1. The predicted molar refractivity (Wildman–Crippen MR) is 215 cm³/mol. The van der Waals surface area contributed by atoms with Gasteiger partial charge in [-0.25, -0.2) is 4.79 Å². The number of rotatable bonds is 19. The van der Waals surface area contributed by atoms with Gasteiger partial charge >= 0.3 is 17.9 Å². The van der Waals surface area contributed by atoms with Crippen molar-refractivity contribution >= 4 is 41.5 Å². The zero-order valence-corrected chi connectivity index (χ0v) is 33.9. The molecule has 2 amide bonds. The number of thioether (sulfide) groups is 1. The van der Waals surface area contributed by atoms with E-state index in [1.165, 1.54) is 17.3 Å². The Kier molecular flexibility index (Phi) is 14.2. The van der Waals surface area contributed by atoms with E-state index in [0.29, 0.717) is 31.4 Å². The Bertz CT molecular complexity index is 1810. The van der Waals surface area contributed by atoms with Gasteiger partial charge in [-0.2, -0.15) is 0 Å². The summed E-state index contributed by atoms with van der Waals surface area (Å²) < 4.78 is 5.70. The van der Waals surface area contributed by atoms with Gasteiger partial charge in [0.05, 0.1) is 4.75 Å². The molecule has 58 heavy (non-hydrogen) atoms. The lowest BCUT2D eigenvalue weighted by Gasteiger charge is -2.53. The monoisotopic (exact) mass is 823 g/mol. The summed E-state index contributed by atoms with van der Waals surface area (Å²) in [6, 6.07) is 1.60. The highest BCUT2D eigenvalue weighted by molar-refractivity contribution is 8.01. The molecule has 8 N–H and O–H groups in total. The summed E-state index contributed by atoms with van der Waals surface area (Å²) in [6.07, 6.45) is 16.1. The van der Waals surface area contributed by atoms with Crippen LogP contribution in [0.5, 0.6) is 0 Å². The summed E-state index contributed by atoms with van der Waals surface area (Å²) in [7, 11) is 1.65. The number of nitrogens with one attached hydrogen (secondary N) is 4. The lowest BCUT2D eigenvalue weighted by molar-refractivity contribution is -0.151.